The van der Waals surface area contributed by atoms with Gasteiger partial charge in [-0.2, -0.15) is 0 Å². The lowest BCUT2D eigenvalue weighted by molar-refractivity contribution is 0.204. The zero-order valence-corrected chi connectivity index (χ0v) is 9.90. The molecule has 2 atom stereocenters. The highest BCUT2D eigenvalue weighted by Gasteiger charge is 2.14. The maximum Gasteiger partial charge on any atom is 0.319 e. The van der Waals surface area contributed by atoms with Crippen LogP contribution in [0.5, 0.6) is 0 Å². The summed E-state index contributed by atoms with van der Waals surface area (Å²) in [5, 5.41) is 14.0. The highest BCUT2D eigenvalue weighted by atomic mass is 19.1. The third-order valence-corrected chi connectivity index (χ3v) is 2.62. The van der Waals surface area contributed by atoms with Gasteiger partial charge in [0.2, 0.25) is 0 Å². The van der Waals surface area contributed by atoms with E-state index in [0.29, 0.717) is 0 Å². The molecule has 94 valence electrons. The number of benzene rings is 1. The molecule has 0 saturated heterocycles. The Morgan fingerprint density at radius 3 is 2.65 bits per heavy atom. The number of hydrogen-bond donors (Lipinski definition) is 3. The Labute approximate surface area is 99.8 Å². The molecule has 0 aliphatic carbocycles. The number of anilines is 1. The highest BCUT2D eigenvalue weighted by molar-refractivity contribution is 5.89. The Bertz CT molecular complexity index is 385. The minimum Gasteiger partial charge on any atom is -0.396 e. The SMILES string of the molecule is CC(CO)C(C)NC(=O)Nc1ccccc1F. The normalized spacial score (nSPS) is 13.9. The van der Waals surface area contributed by atoms with E-state index in [2.05, 4.69) is 10.6 Å². The molecule has 1 aromatic carbocycles. The van der Waals surface area contributed by atoms with Crippen molar-refractivity contribution in [1.29, 1.82) is 0 Å². The molecule has 0 aliphatic rings. The summed E-state index contributed by atoms with van der Waals surface area (Å²) in [6, 6.07) is 5.27. The summed E-state index contributed by atoms with van der Waals surface area (Å²) in [7, 11) is 0. The van der Waals surface area contributed by atoms with Crippen molar-refractivity contribution in [3.63, 3.8) is 0 Å². The zero-order valence-electron chi connectivity index (χ0n) is 9.90. The van der Waals surface area contributed by atoms with Crippen LogP contribution in [-0.4, -0.2) is 23.8 Å². The number of amides is 2. The van der Waals surface area contributed by atoms with E-state index in [1.165, 1.54) is 12.1 Å². The monoisotopic (exact) mass is 240 g/mol. The first-order valence-electron chi connectivity index (χ1n) is 5.47. The number of nitrogens with one attached hydrogen (secondary N) is 2. The average Bonchev–Trinajstić information content (AvgIpc) is 2.31. The van der Waals surface area contributed by atoms with Gasteiger partial charge in [-0.15, -0.1) is 0 Å². The molecule has 0 saturated carbocycles. The highest BCUT2D eigenvalue weighted by Crippen LogP contribution is 2.12. The lowest BCUT2D eigenvalue weighted by Crippen LogP contribution is -2.40. The number of halogens is 1. The topological polar surface area (TPSA) is 61.4 Å². The maximum atomic E-state index is 13.2. The van der Waals surface area contributed by atoms with E-state index in [0.717, 1.165) is 0 Å². The summed E-state index contributed by atoms with van der Waals surface area (Å²) in [5.41, 5.74) is 0.133. The van der Waals surface area contributed by atoms with Crippen molar-refractivity contribution in [1.82, 2.24) is 5.32 Å². The largest absolute Gasteiger partial charge is 0.396 e. The number of aliphatic hydroxyl groups excluding tert-OH is 1. The van der Waals surface area contributed by atoms with Gasteiger partial charge < -0.3 is 15.7 Å². The van der Waals surface area contributed by atoms with Crippen LogP contribution in [0.2, 0.25) is 0 Å². The smallest absolute Gasteiger partial charge is 0.319 e. The van der Waals surface area contributed by atoms with Crippen LogP contribution >= 0.6 is 0 Å². The minimum atomic E-state index is -0.483. The summed E-state index contributed by atoms with van der Waals surface area (Å²) in [6.07, 6.45) is 0. The van der Waals surface area contributed by atoms with Crippen LogP contribution in [0.25, 0.3) is 0 Å². The van der Waals surface area contributed by atoms with Gasteiger partial charge >= 0.3 is 6.03 Å². The van der Waals surface area contributed by atoms with Gasteiger partial charge in [-0.25, -0.2) is 9.18 Å². The lowest BCUT2D eigenvalue weighted by atomic mass is 10.1. The summed E-state index contributed by atoms with van der Waals surface area (Å²) >= 11 is 0. The van der Waals surface area contributed by atoms with Gasteiger partial charge in [-0.05, 0) is 25.0 Å². The van der Waals surface area contributed by atoms with Crippen molar-refractivity contribution < 1.29 is 14.3 Å². The van der Waals surface area contributed by atoms with E-state index in [4.69, 9.17) is 5.11 Å². The number of hydrogen-bond acceptors (Lipinski definition) is 2. The Balaban J connectivity index is 2.53. The van der Waals surface area contributed by atoms with Crippen molar-refractivity contribution in [2.45, 2.75) is 19.9 Å². The third-order valence-electron chi connectivity index (χ3n) is 2.62. The van der Waals surface area contributed by atoms with Gasteiger partial charge in [0, 0.05) is 12.6 Å². The fourth-order valence-corrected chi connectivity index (χ4v) is 1.23. The van der Waals surface area contributed by atoms with Crippen LogP contribution in [0.1, 0.15) is 13.8 Å². The molecule has 4 nitrogen and oxygen atoms in total. The molecule has 0 spiro atoms. The number of aliphatic hydroxyl groups is 1. The molecule has 3 N–H and O–H groups in total. The van der Waals surface area contributed by atoms with Gasteiger partial charge in [-0.3, -0.25) is 0 Å². The molecular weight excluding hydrogens is 223 g/mol. The van der Waals surface area contributed by atoms with E-state index in [1.54, 1.807) is 19.1 Å². The zero-order chi connectivity index (χ0) is 12.8. The minimum absolute atomic E-state index is 0.0128. The Hall–Kier alpha value is -1.62. The van der Waals surface area contributed by atoms with Gasteiger partial charge in [0.05, 0.1) is 5.69 Å². The summed E-state index contributed by atoms with van der Waals surface area (Å²) in [6.45, 7) is 3.58. The Morgan fingerprint density at radius 1 is 1.41 bits per heavy atom. The Kier molecular flexibility index (Phi) is 4.90. The number of carbonyl (C=O) groups excluding carboxylic acids is 1. The van der Waals surface area contributed by atoms with Crippen LogP contribution in [0.15, 0.2) is 24.3 Å². The van der Waals surface area contributed by atoms with E-state index < -0.39 is 11.8 Å². The van der Waals surface area contributed by atoms with Crippen LogP contribution in [0.4, 0.5) is 14.9 Å². The first kappa shape index (κ1) is 13.4. The van der Waals surface area contributed by atoms with Crippen molar-refractivity contribution >= 4 is 11.7 Å². The summed E-state index contributed by atoms with van der Waals surface area (Å²) < 4.78 is 13.2. The van der Waals surface area contributed by atoms with Crippen LogP contribution in [0.3, 0.4) is 0 Å². The van der Waals surface area contributed by atoms with Crippen molar-refractivity contribution in [3.8, 4) is 0 Å². The second-order valence-corrected chi connectivity index (χ2v) is 4.03. The molecular formula is C12H17FN2O2. The number of urea groups is 1. The lowest BCUT2D eigenvalue weighted by Gasteiger charge is -2.19. The summed E-state index contributed by atoms with van der Waals surface area (Å²) in [4.78, 5) is 11.5. The number of carbonyl (C=O) groups is 1. The molecule has 2 unspecified atom stereocenters. The molecule has 0 radical (unpaired) electrons. The molecule has 0 aromatic heterocycles. The molecule has 17 heavy (non-hydrogen) atoms. The number of rotatable bonds is 4. The maximum absolute atomic E-state index is 13.2. The Morgan fingerprint density at radius 2 is 2.06 bits per heavy atom. The predicted octanol–water partition coefficient (Wildman–Crippen LogP) is 1.96. The fourth-order valence-electron chi connectivity index (χ4n) is 1.23. The van der Waals surface area contributed by atoms with Crippen LogP contribution < -0.4 is 10.6 Å². The first-order chi connectivity index (χ1) is 8.04. The molecule has 1 aromatic rings. The first-order valence-corrected chi connectivity index (χ1v) is 5.47. The van der Waals surface area contributed by atoms with E-state index >= 15 is 0 Å². The molecule has 5 heteroatoms. The van der Waals surface area contributed by atoms with Gasteiger partial charge in [-0.1, -0.05) is 19.1 Å². The molecule has 0 aliphatic heterocycles. The van der Waals surface area contributed by atoms with E-state index in [-0.39, 0.29) is 24.3 Å². The predicted molar refractivity (Wildman–Crippen MR) is 64.3 cm³/mol. The van der Waals surface area contributed by atoms with Crippen LogP contribution in [-0.2, 0) is 0 Å². The second kappa shape index (κ2) is 6.20. The molecule has 1 rings (SSSR count). The number of para-hydroxylation sites is 1. The molecule has 0 heterocycles. The van der Waals surface area contributed by atoms with Gasteiger partial charge in [0.15, 0.2) is 0 Å². The quantitative estimate of drug-likeness (QED) is 0.753. The van der Waals surface area contributed by atoms with Gasteiger partial charge in [0.1, 0.15) is 5.82 Å². The second-order valence-electron chi connectivity index (χ2n) is 4.03. The van der Waals surface area contributed by atoms with Crippen LogP contribution in [0, 0.1) is 11.7 Å². The van der Waals surface area contributed by atoms with E-state index in [1.807, 2.05) is 6.92 Å². The summed E-state index contributed by atoms with van der Waals surface area (Å²) in [5.74, 6) is -0.535. The van der Waals surface area contributed by atoms with Crippen molar-refractivity contribution in [3.05, 3.63) is 30.1 Å². The van der Waals surface area contributed by atoms with Gasteiger partial charge in [0.25, 0.3) is 0 Å². The molecule has 2 amide bonds. The van der Waals surface area contributed by atoms with Crippen molar-refractivity contribution in [2.75, 3.05) is 11.9 Å². The van der Waals surface area contributed by atoms with E-state index in [9.17, 15) is 9.18 Å². The average molecular weight is 240 g/mol. The van der Waals surface area contributed by atoms with Crippen molar-refractivity contribution in [2.24, 2.45) is 5.92 Å². The molecule has 0 bridgehead atoms. The third kappa shape index (κ3) is 4.03. The molecule has 0 fully saturated rings. The fraction of sp³-hybridized carbons (Fsp3) is 0.417. The standard InChI is InChI=1S/C12H17FN2O2/c1-8(7-16)9(2)14-12(17)15-11-6-4-3-5-10(11)13/h3-6,8-9,16H,7H2,1-2H3,(H2,14,15,17).